The normalized spacial score (nSPS) is 14.1. The summed E-state index contributed by atoms with van der Waals surface area (Å²) in [6.45, 7) is 0. The van der Waals surface area contributed by atoms with Gasteiger partial charge < -0.3 is 15.9 Å². The van der Waals surface area contributed by atoms with Crippen LogP contribution in [0, 0.1) is 0 Å². The number of nitrogens with zero attached hydrogens (tertiary/aromatic N) is 1. The van der Waals surface area contributed by atoms with Crippen LogP contribution in [0.4, 0.5) is 5.69 Å². The minimum Gasteiger partial charge on any atom is -0.398 e. The Morgan fingerprint density at radius 2 is 1.83 bits per heavy atom. The molecule has 1 aromatic heterocycles. The first-order chi connectivity index (χ1) is 8.68. The van der Waals surface area contributed by atoms with Crippen LogP contribution in [0.2, 0.25) is 0 Å². The highest BCUT2D eigenvalue weighted by atomic mass is 16.3. The van der Waals surface area contributed by atoms with E-state index in [1.807, 2.05) is 18.2 Å². The number of anilines is 1. The third-order valence-electron chi connectivity index (χ3n) is 2.88. The van der Waals surface area contributed by atoms with Crippen molar-refractivity contribution in [2.24, 2.45) is 0 Å². The van der Waals surface area contributed by atoms with Crippen LogP contribution in [0.15, 0.2) is 48.8 Å². The fourth-order valence-electron chi connectivity index (χ4n) is 1.82. The van der Waals surface area contributed by atoms with Crippen LogP contribution >= 0.6 is 0 Å². The van der Waals surface area contributed by atoms with E-state index in [2.05, 4.69) is 4.98 Å². The minimum atomic E-state index is -0.925. The van der Waals surface area contributed by atoms with E-state index >= 15 is 0 Å². The van der Waals surface area contributed by atoms with Crippen LogP contribution in [0.25, 0.3) is 0 Å². The molecule has 2 atom stereocenters. The largest absolute Gasteiger partial charge is 0.398 e. The van der Waals surface area contributed by atoms with Crippen LogP contribution in [-0.2, 0) is 6.42 Å². The van der Waals surface area contributed by atoms with Crippen LogP contribution < -0.4 is 5.73 Å². The molecule has 0 bridgehead atoms. The molecule has 2 unspecified atom stereocenters. The van der Waals surface area contributed by atoms with Crippen molar-refractivity contribution in [3.8, 4) is 0 Å². The van der Waals surface area contributed by atoms with E-state index in [4.69, 9.17) is 5.73 Å². The van der Waals surface area contributed by atoms with E-state index in [0.29, 0.717) is 11.3 Å². The summed E-state index contributed by atoms with van der Waals surface area (Å²) in [6.07, 6.45) is 1.65. The number of hydrogen-bond acceptors (Lipinski definition) is 4. The fraction of sp³-hybridized carbons (Fsp3) is 0.214. The van der Waals surface area contributed by atoms with Crippen LogP contribution in [0.3, 0.4) is 0 Å². The van der Waals surface area contributed by atoms with E-state index < -0.39 is 12.2 Å². The van der Waals surface area contributed by atoms with Gasteiger partial charge in [0.1, 0.15) is 6.10 Å². The van der Waals surface area contributed by atoms with Crippen molar-refractivity contribution < 1.29 is 10.2 Å². The summed E-state index contributed by atoms with van der Waals surface area (Å²) in [5.41, 5.74) is 7.77. The number of hydrogen-bond donors (Lipinski definition) is 3. The molecular weight excluding hydrogens is 228 g/mol. The molecule has 0 aliphatic heterocycles. The number of nitrogens with two attached hydrogens (primary N) is 1. The Labute approximate surface area is 106 Å². The number of rotatable bonds is 4. The van der Waals surface area contributed by atoms with Gasteiger partial charge in [-0.3, -0.25) is 4.98 Å². The zero-order chi connectivity index (χ0) is 13.0. The fourth-order valence-corrected chi connectivity index (χ4v) is 1.82. The van der Waals surface area contributed by atoms with Crippen molar-refractivity contribution in [1.82, 2.24) is 4.98 Å². The molecule has 2 aromatic rings. The number of aromatic nitrogens is 1. The summed E-state index contributed by atoms with van der Waals surface area (Å²) in [4.78, 5) is 3.96. The summed E-state index contributed by atoms with van der Waals surface area (Å²) in [6, 6.07) is 10.7. The Bertz CT molecular complexity index is 502. The highest BCUT2D eigenvalue weighted by molar-refractivity contribution is 5.44. The smallest absolute Gasteiger partial charge is 0.105 e. The molecule has 18 heavy (non-hydrogen) atoms. The predicted octanol–water partition coefficient (Wildman–Crippen LogP) is 1.30. The molecule has 4 nitrogen and oxygen atoms in total. The second-order valence-electron chi connectivity index (χ2n) is 4.20. The molecule has 0 saturated heterocycles. The lowest BCUT2D eigenvalue weighted by molar-refractivity contribution is 0.0190. The standard InChI is InChI=1S/C14H16N2O2/c15-12-6-7-16-9-11(12)8-13(17)14(18)10-4-2-1-3-5-10/h1-7,9,13-14,17-18H,8H2,(H2,15,16). The molecule has 4 N–H and O–H groups in total. The predicted molar refractivity (Wildman–Crippen MR) is 69.8 cm³/mol. The molecule has 0 aliphatic rings. The van der Waals surface area contributed by atoms with E-state index in [1.165, 1.54) is 0 Å². The number of aliphatic hydroxyl groups excluding tert-OH is 2. The first-order valence-corrected chi connectivity index (χ1v) is 5.78. The van der Waals surface area contributed by atoms with E-state index in [-0.39, 0.29) is 6.42 Å². The zero-order valence-electron chi connectivity index (χ0n) is 9.90. The van der Waals surface area contributed by atoms with Gasteiger partial charge in [-0.15, -0.1) is 0 Å². The van der Waals surface area contributed by atoms with Crippen molar-refractivity contribution in [3.63, 3.8) is 0 Å². The summed E-state index contributed by atoms with van der Waals surface area (Å²) in [5, 5.41) is 20.0. The molecule has 0 radical (unpaired) electrons. The molecule has 0 saturated carbocycles. The van der Waals surface area contributed by atoms with Gasteiger partial charge in [0.15, 0.2) is 0 Å². The van der Waals surface area contributed by atoms with Gasteiger partial charge in [-0.1, -0.05) is 30.3 Å². The highest BCUT2D eigenvalue weighted by Crippen LogP contribution is 2.21. The molecule has 0 spiro atoms. The Kier molecular flexibility index (Phi) is 3.92. The summed E-state index contributed by atoms with van der Waals surface area (Å²) in [5.74, 6) is 0. The molecule has 0 amide bonds. The molecule has 2 rings (SSSR count). The lowest BCUT2D eigenvalue weighted by atomic mass is 9.99. The maximum atomic E-state index is 10.0. The van der Waals surface area contributed by atoms with Crippen LogP contribution in [0.5, 0.6) is 0 Å². The topological polar surface area (TPSA) is 79.4 Å². The average Bonchev–Trinajstić information content (AvgIpc) is 2.41. The van der Waals surface area contributed by atoms with Gasteiger partial charge in [-0.05, 0) is 17.2 Å². The highest BCUT2D eigenvalue weighted by Gasteiger charge is 2.19. The molecular formula is C14H16N2O2. The van der Waals surface area contributed by atoms with Crippen LogP contribution in [0.1, 0.15) is 17.2 Å². The quantitative estimate of drug-likeness (QED) is 0.757. The lowest BCUT2D eigenvalue weighted by Crippen LogP contribution is -2.21. The molecule has 4 heteroatoms. The second kappa shape index (κ2) is 5.62. The number of benzene rings is 1. The van der Waals surface area contributed by atoms with Crippen molar-refractivity contribution >= 4 is 5.69 Å². The van der Waals surface area contributed by atoms with Gasteiger partial charge in [-0.25, -0.2) is 0 Å². The van der Waals surface area contributed by atoms with Crippen molar-refractivity contribution in [2.75, 3.05) is 5.73 Å². The van der Waals surface area contributed by atoms with Crippen LogP contribution in [-0.4, -0.2) is 21.3 Å². The SMILES string of the molecule is Nc1ccncc1CC(O)C(O)c1ccccc1. The van der Waals surface area contributed by atoms with Gasteiger partial charge in [0.2, 0.25) is 0 Å². The van der Waals surface area contributed by atoms with Gasteiger partial charge >= 0.3 is 0 Å². The first-order valence-electron chi connectivity index (χ1n) is 5.78. The Morgan fingerprint density at radius 1 is 1.11 bits per heavy atom. The zero-order valence-corrected chi connectivity index (χ0v) is 9.90. The second-order valence-corrected chi connectivity index (χ2v) is 4.20. The van der Waals surface area contributed by atoms with Gasteiger partial charge in [0.05, 0.1) is 6.10 Å². The maximum Gasteiger partial charge on any atom is 0.105 e. The summed E-state index contributed by atoms with van der Waals surface area (Å²) in [7, 11) is 0. The number of nitrogen functional groups attached to an aromatic ring is 1. The van der Waals surface area contributed by atoms with Gasteiger partial charge in [0.25, 0.3) is 0 Å². The van der Waals surface area contributed by atoms with Crippen molar-refractivity contribution in [1.29, 1.82) is 0 Å². The minimum absolute atomic E-state index is 0.274. The summed E-state index contributed by atoms with van der Waals surface area (Å²) >= 11 is 0. The maximum absolute atomic E-state index is 10.0. The van der Waals surface area contributed by atoms with Crippen molar-refractivity contribution in [2.45, 2.75) is 18.6 Å². The van der Waals surface area contributed by atoms with E-state index in [9.17, 15) is 10.2 Å². The van der Waals surface area contributed by atoms with Gasteiger partial charge in [-0.2, -0.15) is 0 Å². The van der Waals surface area contributed by atoms with E-state index in [1.54, 1.807) is 30.6 Å². The van der Waals surface area contributed by atoms with E-state index in [0.717, 1.165) is 5.56 Å². The third kappa shape index (κ3) is 2.85. The number of pyridine rings is 1. The lowest BCUT2D eigenvalue weighted by Gasteiger charge is -2.18. The average molecular weight is 244 g/mol. The summed E-state index contributed by atoms with van der Waals surface area (Å²) < 4.78 is 0. The Balaban J connectivity index is 2.09. The Morgan fingerprint density at radius 3 is 2.50 bits per heavy atom. The van der Waals surface area contributed by atoms with Gasteiger partial charge in [0, 0.05) is 24.5 Å². The molecule has 0 aliphatic carbocycles. The third-order valence-corrected chi connectivity index (χ3v) is 2.88. The molecule has 1 heterocycles. The molecule has 1 aromatic carbocycles. The Hall–Kier alpha value is -1.91. The molecule has 0 fully saturated rings. The monoisotopic (exact) mass is 244 g/mol. The van der Waals surface area contributed by atoms with Crippen molar-refractivity contribution in [3.05, 3.63) is 59.9 Å². The number of aliphatic hydroxyl groups is 2. The molecule has 94 valence electrons. The first kappa shape index (κ1) is 12.5.